The minimum absolute atomic E-state index is 0.0616. The van der Waals surface area contributed by atoms with Crippen molar-refractivity contribution in [2.45, 2.75) is 54.0 Å². The second-order valence-electron chi connectivity index (χ2n) is 15.8. The third-order valence-corrected chi connectivity index (χ3v) is 14.6. The van der Waals surface area contributed by atoms with Gasteiger partial charge in [0.2, 0.25) is 11.1 Å². The molecule has 23 heteroatoms. The van der Waals surface area contributed by atoms with Gasteiger partial charge in [-0.15, -0.1) is 16.9 Å². The number of aryl methyl sites for hydroxylation is 2. The molecule has 0 radical (unpaired) electrons. The lowest BCUT2D eigenvalue weighted by Gasteiger charge is -2.50. The zero-order valence-electron chi connectivity index (χ0n) is 37.5. The Bertz CT molecular complexity index is 2810. The number of imide groups is 1. The van der Waals surface area contributed by atoms with E-state index in [9.17, 15) is 37.2 Å². The molecule has 5 N–H and O–H groups in total. The number of carbonyl (C=O) groups excluding carboxylic acids is 6. The molecule has 360 valence electrons. The largest absolute Gasteiger partial charge is 0.448 e. The van der Waals surface area contributed by atoms with Crippen LogP contribution in [-0.2, 0) is 52.4 Å². The van der Waals surface area contributed by atoms with Crippen LogP contribution in [0.3, 0.4) is 0 Å². The average molecular weight is 997 g/mol. The van der Waals surface area contributed by atoms with E-state index in [4.69, 9.17) is 15.0 Å². The zero-order chi connectivity index (χ0) is 49.4. The molecule has 20 nitrogen and oxygen atoms in total. The summed E-state index contributed by atoms with van der Waals surface area (Å²) in [5.74, 6) is -3.28. The van der Waals surface area contributed by atoms with Gasteiger partial charge in [0.05, 0.1) is 4.90 Å². The number of rotatable bonds is 14. The summed E-state index contributed by atoms with van der Waals surface area (Å²) in [6, 6.07) is 27.8. The molecule has 6 amide bonds. The van der Waals surface area contributed by atoms with Crippen LogP contribution in [0.5, 0.6) is 0 Å². The summed E-state index contributed by atoms with van der Waals surface area (Å²) in [6.07, 6.45) is -0.790. The Hall–Kier alpha value is -6.92. The Morgan fingerprint density at radius 1 is 0.899 bits per heavy atom. The van der Waals surface area contributed by atoms with Gasteiger partial charge in [0.25, 0.3) is 16.0 Å². The maximum absolute atomic E-state index is 14.4. The number of benzene rings is 4. The number of thioether (sulfide) groups is 2. The van der Waals surface area contributed by atoms with Gasteiger partial charge in [-0.3, -0.25) is 33.5 Å². The first-order chi connectivity index (χ1) is 33.1. The number of aromatic nitrogens is 4. The Labute approximate surface area is 405 Å². The highest BCUT2D eigenvalue weighted by Gasteiger charge is 2.55. The summed E-state index contributed by atoms with van der Waals surface area (Å²) in [7, 11) is -2.32. The van der Waals surface area contributed by atoms with Gasteiger partial charge in [0.1, 0.15) is 23.2 Å². The number of ether oxygens (including phenoxy) is 1. The summed E-state index contributed by atoms with van der Waals surface area (Å²) in [6.45, 7) is 4.19. The topological polar surface area (TPSA) is 269 Å². The molecule has 0 aliphatic carbocycles. The number of tetrazole rings is 1. The maximum atomic E-state index is 14.4. The molecule has 3 aliphatic heterocycles. The van der Waals surface area contributed by atoms with Gasteiger partial charge in [0.15, 0.2) is 6.10 Å². The van der Waals surface area contributed by atoms with E-state index in [1.165, 1.54) is 50.1 Å². The molecule has 1 aromatic heterocycles. The monoisotopic (exact) mass is 996 g/mol. The summed E-state index contributed by atoms with van der Waals surface area (Å²) in [4.78, 5) is 85.1. The van der Waals surface area contributed by atoms with Crippen molar-refractivity contribution in [1.29, 1.82) is 0 Å². The lowest BCUT2D eigenvalue weighted by atomic mass is 9.99. The fraction of sp³-hybridized carbons (Fsp3) is 0.283. The smallest absolute Gasteiger partial charge is 0.356 e. The second-order valence-corrected chi connectivity index (χ2v) is 19.3. The van der Waals surface area contributed by atoms with E-state index >= 15 is 0 Å². The van der Waals surface area contributed by atoms with Crippen molar-refractivity contribution in [3.63, 3.8) is 0 Å². The normalized spacial score (nSPS) is 17.4. The third-order valence-electron chi connectivity index (χ3n) is 11.3. The standard InChI is InChI=1S/C39H40N10O7S2.C7H8O3S/c1-3-47-18-19-48(35(53)34(47)52)38(55)42-28(24-16-14-23(20-40)15-17-24)32(50)41-29-33(51)49-30(27(21-57-36(29)49)22-58-39-43-44-45-46(39)2)37(54)56-31(25-10-6-4-7-11-25)26-12-8-5-9-13-26;1-6-2-4-7(5-3-6)11(8,9)10/h4-17,28-29,31,36H,3,18-22,40H2,1-2H3,(H,41,50)(H,42,55);2-5H,1H3,(H,8,9,10)/t28-,29-,36-;/m1./s1. The van der Waals surface area contributed by atoms with Crippen molar-refractivity contribution in [3.05, 3.63) is 148 Å². The predicted molar refractivity (Wildman–Crippen MR) is 253 cm³/mol. The van der Waals surface area contributed by atoms with Crippen molar-refractivity contribution in [2.24, 2.45) is 12.8 Å². The Morgan fingerprint density at radius 3 is 2.10 bits per heavy atom. The molecule has 0 unspecified atom stereocenters. The quantitative estimate of drug-likeness (QED) is 0.0409. The van der Waals surface area contributed by atoms with Crippen molar-refractivity contribution < 1.29 is 46.5 Å². The number of urea groups is 1. The fourth-order valence-corrected chi connectivity index (χ4v) is 10.3. The van der Waals surface area contributed by atoms with Crippen LogP contribution in [0.15, 0.2) is 131 Å². The Balaban J connectivity index is 0.000000563. The molecule has 8 rings (SSSR count). The van der Waals surface area contributed by atoms with Gasteiger partial charge >= 0.3 is 23.8 Å². The van der Waals surface area contributed by atoms with Crippen LogP contribution in [-0.4, -0.2) is 126 Å². The number of piperazine rings is 1. The molecule has 0 bridgehead atoms. The van der Waals surface area contributed by atoms with E-state index in [2.05, 4.69) is 26.2 Å². The summed E-state index contributed by atoms with van der Waals surface area (Å²) in [5.41, 5.74) is 10.0. The van der Waals surface area contributed by atoms with Crippen LogP contribution < -0.4 is 16.4 Å². The molecule has 4 aromatic carbocycles. The average Bonchev–Trinajstić information content (AvgIpc) is 3.78. The van der Waals surface area contributed by atoms with E-state index in [1.54, 1.807) is 50.4 Å². The molecule has 69 heavy (non-hydrogen) atoms. The minimum atomic E-state index is -4.02. The highest BCUT2D eigenvalue weighted by molar-refractivity contribution is 8.01. The maximum Gasteiger partial charge on any atom is 0.356 e. The third kappa shape index (κ3) is 11.5. The van der Waals surface area contributed by atoms with Gasteiger partial charge in [-0.25, -0.2) is 14.3 Å². The van der Waals surface area contributed by atoms with E-state index in [-0.39, 0.29) is 36.0 Å². The van der Waals surface area contributed by atoms with E-state index < -0.39 is 69.3 Å². The van der Waals surface area contributed by atoms with Gasteiger partial charge in [-0.2, -0.15) is 8.42 Å². The highest BCUT2D eigenvalue weighted by Crippen LogP contribution is 2.43. The number of amides is 6. The van der Waals surface area contributed by atoms with Crippen LogP contribution in [0.1, 0.15) is 46.9 Å². The first kappa shape index (κ1) is 50.0. The SMILES string of the molecule is CCN1CCN(C(=O)N[C@@H](C(=O)N[C@@H]2C(=O)N3C(C(=O)OC(c4ccccc4)c4ccccc4)=C(CSc4nnnn4C)CS[C@H]23)c2ccc(CN)cc2)C(=O)C1=O.Cc1ccc(S(=O)(=O)O)cc1. The number of nitrogens with two attached hydrogens (primary N) is 1. The van der Waals surface area contributed by atoms with Crippen LogP contribution in [0.25, 0.3) is 0 Å². The van der Waals surface area contributed by atoms with Crippen LogP contribution in [0.2, 0.25) is 0 Å². The number of nitrogens with zero attached hydrogens (tertiary/aromatic N) is 7. The molecule has 4 heterocycles. The Kier molecular flexibility index (Phi) is 15.9. The number of hydrogen-bond acceptors (Lipinski definition) is 15. The van der Waals surface area contributed by atoms with E-state index in [1.807, 2.05) is 67.6 Å². The predicted octanol–water partition coefficient (Wildman–Crippen LogP) is 3.13. The van der Waals surface area contributed by atoms with Gasteiger partial charge in [-0.1, -0.05) is 114 Å². The molecule has 2 saturated heterocycles. The minimum Gasteiger partial charge on any atom is -0.448 e. The fourth-order valence-electron chi connectivity index (χ4n) is 7.49. The molecule has 5 aromatic rings. The van der Waals surface area contributed by atoms with E-state index in [0.717, 1.165) is 27.2 Å². The van der Waals surface area contributed by atoms with Crippen molar-refractivity contribution in [3.8, 4) is 0 Å². The number of likely N-dealkylation sites (N-methyl/N-ethyl adjacent to an activating group) is 1. The molecular formula is C46H48N10O10S3. The molecular weight excluding hydrogens is 949 g/mol. The van der Waals surface area contributed by atoms with Crippen molar-refractivity contribution in [2.75, 3.05) is 31.1 Å². The van der Waals surface area contributed by atoms with E-state index in [0.29, 0.717) is 28.6 Å². The number of fused-ring (bicyclic) bond motifs is 1. The number of esters is 1. The van der Waals surface area contributed by atoms with Crippen molar-refractivity contribution >= 4 is 69.3 Å². The summed E-state index contributed by atoms with van der Waals surface area (Å²) in [5, 5.41) is 16.8. The number of β-lactam (4-membered cyclic amide) rings is 1. The van der Waals surface area contributed by atoms with Crippen LogP contribution >= 0.6 is 23.5 Å². The van der Waals surface area contributed by atoms with Crippen LogP contribution in [0.4, 0.5) is 4.79 Å². The Morgan fingerprint density at radius 2 is 1.54 bits per heavy atom. The highest BCUT2D eigenvalue weighted by atomic mass is 32.2. The molecule has 2 fully saturated rings. The molecule has 0 spiro atoms. The van der Waals surface area contributed by atoms with Gasteiger partial charge < -0.3 is 26.0 Å². The molecule has 0 saturated carbocycles. The molecule has 3 aliphatic rings. The molecule has 3 atom stereocenters. The number of carbonyl (C=O) groups is 6. The van der Waals surface area contributed by atoms with Crippen molar-refractivity contribution in [1.82, 2.24) is 45.5 Å². The van der Waals surface area contributed by atoms with Gasteiger partial charge in [0, 0.05) is 44.7 Å². The first-order valence-electron chi connectivity index (χ1n) is 21.5. The first-order valence-corrected chi connectivity index (χ1v) is 24.9. The lowest BCUT2D eigenvalue weighted by Crippen LogP contribution is -2.71. The lowest BCUT2D eigenvalue weighted by molar-refractivity contribution is -0.155. The zero-order valence-corrected chi connectivity index (χ0v) is 39.9. The number of hydrogen-bond donors (Lipinski definition) is 4. The second kappa shape index (κ2) is 22.0. The van der Waals surface area contributed by atoms with Crippen LogP contribution in [0, 0.1) is 6.92 Å². The summed E-state index contributed by atoms with van der Waals surface area (Å²) >= 11 is 2.65. The number of nitrogens with one attached hydrogen (secondary N) is 2. The van der Waals surface area contributed by atoms with Gasteiger partial charge in [-0.05, 0) is 64.2 Å². The summed E-state index contributed by atoms with van der Waals surface area (Å²) < 4.78 is 37.3.